The van der Waals surface area contributed by atoms with Crippen molar-refractivity contribution in [1.29, 1.82) is 0 Å². The number of pyridine rings is 1. The van der Waals surface area contributed by atoms with Gasteiger partial charge in [-0.1, -0.05) is 6.07 Å². The lowest BCUT2D eigenvalue weighted by atomic mass is 10.1. The standard InChI is InChI=1S/C26H29F3N6O3/c1-16-20(12-19(14-30-16)31-23(37)17-5-4-6-18(11-17)26(27,28)29)21-13-22(35-7-9-38-10-8-35)33-24(32-21)34-25(2,3)15-36/h4-6,11-14,36H,7-10,15H2,1-3H3,(H,31,37)(H,32,33,34). The Kier molecular flexibility index (Phi) is 7.83. The Morgan fingerprint density at radius 2 is 1.87 bits per heavy atom. The molecule has 2 aromatic heterocycles. The quantitative estimate of drug-likeness (QED) is 0.418. The number of hydrogen-bond donors (Lipinski definition) is 3. The molecule has 202 valence electrons. The fourth-order valence-corrected chi connectivity index (χ4v) is 3.83. The van der Waals surface area contributed by atoms with Gasteiger partial charge in [-0.25, -0.2) is 4.98 Å². The third-order valence-corrected chi connectivity index (χ3v) is 5.97. The number of nitrogens with one attached hydrogen (secondary N) is 2. The number of carbonyl (C=O) groups excluding carboxylic acids is 1. The second kappa shape index (κ2) is 10.9. The van der Waals surface area contributed by atoms with Gasteiger partial charge in [0.15, 0.2) is 0 Å². The molecule has 0 bridgehead atoms. The molecule has 0 radical (unpaired) electrons. The molecule has 3 aromatic rings. The van der Waals surface area contributed by atoms with Crippen molar-refractivity contribution in [3.8, 4) is 11.3 Å². The van der Waals surface area contributed by atoms with Crippen molar-refractivity contribution >= 4 is 23.4 Å². The second-order valence-corrected chi connectivity index (χ2v) is 9.59. The lowest BCUT2D eigenvalue weighted by molar-refractivity contribution is -0.137. The first-order valence-corrected chi connectivity index (χ1v) is 12.0. The zero-order valence-corrected chi connectivity index (χ0v) is 21.3. The van der Waals surface area contributed by atoms with Crippen LogP contribution in [0.5, 0.6) is 0 Å². The lowest BCUT2D eigenvalue weighted by Crippen LogP contribution is -2.38. The maximum absolute atomic E-state index is 13.1. The molecule has 1 amide bonds. The van der Waals surface area contributed by atoms with Crippen LogP contribution >= 0.6 is 0 Å². The van der Waals surface area contributed by atoms with Crippen molar-refractivity contribution in [1.82, 2.24) is 15.0 Å². The van der Waals surface area contributed by atoms with E-state index in [0.717, 1.165) is 12.1 Å². The number of nitrogens with zero attached hydrogens (tertiary/aromatic N) is 4. The molecule has 12 heteroatoms. The molecular formula is C26H29F3N6O3. The summed E-state index contributed by atoms with van der Waals surface area (Å²) in [6, 6.07) is 7.69. The average molecular weight is 531 g/mol. The van der Waals surface area contributed by atoms with Crippen molar-refractivity contribution in [2.45, 2.75) is 32.5 Å². The smallest absolute Gasteiger partial charge is 0.394 e. The lowest BCUT2D eigenvalue weighted by Gasteiger charge is -2.29. The van der Waals surface area contributed by atoms with Crippen LogP contribution < -0.4 is 15.5 Å². The number of alkyl halides is 3. The van der Waals surface area contributed by atoms with Crippen molar-refractivity contribution in [2.75, 3.05) is 48.4 Å². The highest BCUT2D eigenvalue weighted by Crippen LogP contribution is 2.31. The van der Waals surface area contributed by atoms with E-state index in [0.29, 0.717) is 60.7 Å². The van der Waals surface area contributed by atoms with E-state index in [1.165, 1.54) is 18.3 Å². The molecule has 1 aliphatic heterocycles. The molecule has 3 N–H and O–H groups in total. The summed E-state index contributed by atoms with van der Waals surface area (Å²) < 4.78 is 44.7. The van der Waals surface area contributed by atoms with E-state index in [1.807, 2.05) is 19.9 Å². The van der Waals surface area contributed by atoms with Crippen LogP contribution in [0.4, 0.5) is 30.6 Å². The summed E-state index contributed by atoms with van der Waals surface area (Å²) in [6.07, 6.45) is -3.13. The SMILES string of the molecule is Cc1ncc(NC(=O)c2cccc(C(F)(F)F)c2)cc1-c1cc(N2CCOCC2)nc(NC(C)(C)CO)n1. The Hall–Kier alpha value is -3.77. The third kappa shape index (κ3) is 6.56. The van der Waals surface area contributed by atoms with Gasteiger partial charge in [0, 0.05) is 36.0 Å². The number of amides is 1. The molecule has 1 fully saturated rings. The molecule has 0 saturated carbocycles. The number of anilines is 3. The van der Waals surface area contributed by atoms with Crippen molar-refractivity contribution in [3.05, 3.63) is 59.4 Å². The maximum Gasteiger partial charge on any atom is 0.416 e. The van der Waals surface area contributed by atoms with Crippen LogP contribution in [-0.2, 0) is 10.9 Å². The van der Waals surface area contributed by atoms with Crippen LogP contribution in [0.1, 0.15) is 35.5 Å². The molecule has 0 aliphatic carbocycles. The Labute approximate surface area is 218 Å². The van der Waals surface area contributed by atoms with E-state index < -0.39 is 23.2 Å². The zero-order chi connectivity index (χ0) is 27.5. The highest BCUT2D eigenvalue weighted by Gasteiger charge is 2.31. The Balaban J connectivity index is 1.68. The highest BCUT2D eigenvalue weighted by atomic mass is 19.4. The number of aryl methyl sites for hydroxylation is 1. The number of rotatable bonds is 7. The van der Waals surface area contributed by atoms with Gasteiger partial charge < -0.3 is 25.4 Å². The summed E-state index contributed by atoms with van der Waals surface area (Å²) in [5.41, 5.74) is 0.332. The molecule has 3 heterocycles. The van der Waals surface area contributed by atoms with E-state index in [1.54, 1.807) is 13.0 Å². The number of carbonyl (C=O) groups is 1. The number of hydrogen-bond acceptors (Lipinski definition) is 8. The van der Waals surface area contributed by atoms with Crippen LogP contribution in [0.25, 0.3) is 11.3 Å². The first-order valence-electron chi connectivity index (χ1n) is 12.0. The summed E-state index contributed by atoms with van der Waals surface area (Å²) in [4.78, 5) is 28.5. The number of aliphatic hydroxyl groups is 1. The molecular weight excluding hydrogens is 501 g/mol. The third-order valence-electron chi connectivity index (χ3n) is 5.97. The molecule has 38 heavy (non-hydrogen) atoms. The van der Waals surface area contributed by atoms with E-state index in [4.69, 9.17) is 4.74 Å². The Bertz CT molecular complexity index is 1310. The monoisotopic (exact) mass is 530 g/mol. The second-order valence-electron chi connectivity index (χ2n) is 9.59. The minimum absolute atomic E-state index is 0.128. The van der Waals surface area contributed by atoms with Crippen molar-refractivity contribution < 1.29 is 27.8 Å². The molecule has 0 spiro atoms. The number of morpholine rings is 1. The fourth-order valence-electron chi connectivity index (χ4n) is 3.83. The van der Waals surface area contributed by atoms with Crippen LogP contribution in [-0.4, -0.2) is 64.4 Å². The molecule has 0 unspecified atom stereocenters. The van der Waals surface area contributed by atoms with Crippen molar-refractivity contribution in [2.24, 2.45) is 0 Å². The van der Waals surface area contributed by atoms with Gasteiger partial charge in [0.2, 0.25) is 5.95 Å². The van der Waals surface area contributed by atoms with Crippen LogP contribution in [0.15, 0.2) is 42.6 Å². The normalized spacial score (nSPS) is 14.3. The maximum atomic E-state index is 13.1. The number of halogens is 3. The van der Waals surface area contributed by atoms with Gasteiger partial charge in [-0.3, -0.25) is 9.78 Å². The molecule has 9 nitrogen and oxygen atoms in total. The van der Waals surface area contributed by atoms with Crippen molar-refractivity contribution in [3.63, 3.8) is 0 Å². The first kappa shape index (κ1) is 27.3. The zero-order valence-electron chi connectivity index (χ0n) is 21.3. The minimum atomic E-state index is -4.56. The van der Waals surface area contributed by atoms with Crippen LogP contribution in [0.2, 0.25) is 0 Å². The summed E-state index contributed by atoms with van der Waals surface area (Å²) in [5, 5.41) is 15.5. The van der Waals surface area contributed by atoms with E-state index >= 15 is 0 Å². The molecule has 1 aromatic carbocycles. The highest BCUT2D eigenvalue weighted by molar-refractivity contribution is 6.04. The number of aromatic nitrogens is 3. The summed E-state index contributed by atoms with van der Waals surface area (Å²) >= 11 is 0. The molecule has 1 saturated heterocycles. The van der Waals surface area contributed by atoms with Gasteiger partial charge in [0.1, 0.15) is 5.82 Å². The molecule has 0 atom stereocenters. The minimum Gasteiger partial charge on any atom is -0.394 e. The predicted octanol–water partition coefficient (Wildman–Crippen LogP) is 4.14. The van der Waals surface area contributed by atoms with Crippen LogP contribution in [0, 0.1) is 6.92 Å². The average Bonchev–Trinajstić information content (AvgIpc) is 2.89. The largest absolute Gasteiger partial charge is 0.416 e. The summed E-state index contributed by atoms with van der Waals surface area (Å²) in [6.45, 7) is 7.67. The number of benzene rings is 1. The molecule has 4 rings (SSSR count). The first-order chi connectivity index (χ1) is 17.9. The predicted molar refractivity (Wildman–Crippen MR) is 137 cm³/mol. The fraction of sp³-hybridized carbons (Fsp3) is 0.385. The van der Waals surface area contributed by atoms with Crippen LogP contribution in [0.3, 0.4) is 0 Å². The van der Waals surface area contributed by atoms with Gasteiger partial charge in [-0.15, -0.1) is 0 Å². The van der Waals surface area contributed by atoms with Gasteiger partial charge in [0.05, 0.1) is 48.5 Å². The number of ether oxygens (including phenoxy) is 1. The van der Waals surface area contributed by atoms with E-state index in [9.17, 15) is 23.1 Å². The van der Waals surface area contributed by atoms with Gasteiger partial charge >= 0.3 is 6.18 Å². The Morgan fingerprint density at radius 1 is 1.13 bits per heavy atom. The summed E-state index contributed by atoms with van der Waals surface area (Å²) in [5.74, 6) is 0.268. The van der Waals surface area contributed by atoms with E-state index in [-0.39, 0.29) is 12.2 Å². The Morgan fingerprint density at radius 3 is 2.55 bits per heavy atom. The van der Waals surface area contributed by atoms with Gasteiger partial charge in [-0.05, 0) is 45.0 Å². The topological polar surface area (TPSA) is 113 Å². The van der Waals surface area contributed by atoms with Gasteiger partial charge in [0.25, 0.3) is 5.91 Å². The van der Waals surface area contributed by atoms with E-state index in [2.05, 4.69) is 30.5 Å². The number of aliphatic hydroxyl groups excluding tert-OH is 1. The van der Waals surface area contributed by atoms with Gasteiger partial charge in [-0.2, -0.15) is 18.2 Å². The molecule has 1 aliphatic rings. The summed E-state index contributed by atoms with van der Waals surface area (Å²) in [7, 11) is 0.